The maximum Gasteiger partial charge on any atom is 0.134 e. The van der Waals surface area contributed by atoms with Crippen molar-refractivity contribution in [1.82, 2.24) is 0 Å². The van der Waals surface area contributed by atoms with Crippen LogP contribution < -0.4 is 0 Å². The molecule has 17 heavy (non-hydrogen) atoms. The minimum absolute atomic E-state index is 0.0444. The zero-order chi connectivity index (χ0) is 12.6. The van der Waals surface area contributed by atoms with E-state index in [0.717, 1.165) is 0 Å². The van der Waals surface area contributed by atoms with Gasteiger partial charge in [-0.15, -0.1) is 0 Å². The molecule has 0 atom stereocenters. The first-order valence-corrected chi connectivity index (χ1v) is 6.14. The molecule has 0 saturated carbocycles. The fraction of sp³-hybridized carbons (Fsp3) is 0. The number of benzene rings is 2. The first kappa shape index (κ1) is 12.8. The Balaban J connectivity index is 2.72. The Hall–Kier alpha value is -0.600. The van der Waals surface area contributed by atoms with E-state index >= 15 is 0 Å². The maximum absolute atomic E-state index is 9.57. The molecule has 2 rings (SSSR count). The molecule has 2 aromatic rings. The number of rotatable bonds is 1. The number of hydrogen-bond acceptors (Lipinski definition) is 1. The van der Waals surface area contributed by atoms with Crippen molar-refractivity contribution < 1.29 is 5.11 Å². The summed E-state index contributed by atoms with van der Waals surface area (Å²) in [6.07, 6.45) is 0. The lowest BCUT2D eigenvalue weighted by atomic mass is 10.1. The fourth-order valence-corrected chi connectivity index (χ4v) is 2.56. The fourth-order valence-electron chi connectivity index (χ4n) is 1.48. The molecule has 0 aromatic heterocycles. The van der Waals surface area contributed by atoms with E-state index in [4.69, 9.17) is 46.4 Å². The van der Waals surface area contributed by atoms with E-state index in [1.165, 1.54) is 6.07 Å². The largest absolute Gasteiger partial charge is 0.506 e. The molecule has 0 bridgehead atoms. The molecule has 1 nitrogen and oxygen atoms in total. The summed E-state index contributed by atoms with van der Waals surface area (Å²) in [5, 5.41) is 11.1. The zero-order valence-electron chi connectivity index (χ0n) is 8.35. The molecule has 0 unspecified atom stereocenters. The molecule has 0 spiro atoms. The Labute approximate surface area is 118 Å². The van der Waals surface area contributed by atoms with Crippen molar-refractivity contribution in [3.8, 4) is 16.9 Å². The van der Waals surface area contributed by atoms with E-state index < -0.39 is 0 Å². The van der Waals surface area contributed by atoms with Gasteiger partial charge >= 0.3 is 0 Å². The third-order valence-corrected chi connectivity index (χ3v) is 3.52. The normalized spacial score (nSPS) is 10.6. The Kier molecular flexibility index (Phi) is 3.74. The molecular formula is C12H6Cl4O. The molecule has 0 saturated heterocycles. The van der Waals surface area contributed by atoms with Gasteiger partial charge in [0.05, 0.1) is 10.0 Å². The van der Waals surface area contributed by atoms with Crippen LogP contribution in [-0.4, -0.2) is 5.11 Å². The molecule has 0 radical (unpaired) electrons. The summed E-state index contributed by atoms with van der Waals surface area (Å²) in [5.41, 5.74) is 1.12. The smallest absolute Gasteiger partial charge is 0.134 e. The second kappa shape index (κ2) is 4.95. The van der Waals surface area contributed by atoms with Crippen LogP contribution in [0.4, 0.5) is 0 Å². The molecule has 1 N–H and O–H groups in total. The SMILES string of the molecule is Oc1ccc(Cl)c(-c2ccc(Cl)cc2Cl)c1Cl. The molecule has 0 aliphatic heterocycles. The number of aromatic hydroxyl groups is 1. The van der Waals surface area contributed by atoms with E-state index in [9.17, 15) is 5.11 Å². The lowest BCUT2D eigenvalue weighted by molar-refractivity contribution is 0.476. The summed E-state index contributed by atoms with van der Waals surface area (Å²) in [6.45, 7) is 0. The van der Waals surface area contributed by atoms with Crippen molar-refractivity contribution in [1.29, 1.82) is 0 Å². The van der Waals surface area contributed by atoms with Crippen LogP contribution in [0, 0.1) is 0 Å². The van der Waals surface area contributed by atoms with Crippen LogP contribution in [0.25, 0.3) is 11.1 Å². The van der Waals surface area contributed by atoms with Crippen molar-refractivity contribution >= 4 is 46.4 Å². The molecule has 0 aliphatic carbocycles. The second-order valence-electron chi connectivity index (χ2n) is 3.38. The van der Waals surface area contributed by atoms with Crippen molar-refractivity contribution in [3.05, 3.63) is 50.4 Å². The van der Waals surface area contributed by atoms with Crippen molar-refractivity contribution in [2.75, 3.05) is 0 Å². The predicted octanol–water partition coefficient (Wildman–Crippen LogP) is 5.67. The lowest BCUT2D eigenvalue weighted by Crippen LogP contribution is -1.84. The van der Waals surface area contributed by atoms with Crippen LogP contribution in [0.15, 0.2) is 30.3 Å². The van der Waals surface area contributed by atoms with Crippen LogP contribution in [0.3, 0.4) is 0 Å². The highest BCUT2D eigenvalue weighted by Crippen LogP contribution is 2.42. The van der Waals surface area contributed by atoms with Gasteiger partial charge in [-0.05, 0) is 24.3 Å². The van der Waals surface area contributed by atoms with E-state index in [1.807, 2.05) is 0 Å². The summed E-state index contributed by atoms with van der Waals surface area (Å²) in [6, 6.07) is 7.97. The summed E-state index contributed by atoms with van der Waals surface area (Å²) < 4.78 is 0. The van der Waals surface area contributed by atoms with Gasteiger partial charge in [0.25, 0.3) is 0 Å². The van der Waals surface area contributed by atoms with Gasteiger partial charge in [0.1, 0.15) is 5.75 Å². The first-order valence-electron chi connectivity index (χ1n) is 4.63. The number of phenolic OH excluding ortho intramolecular Hbond substituents is 1. The molecule has 0 amide bonds. The topological polar surface area (TPSA) is 20.2 Å². The average Bonchev–Trinajstić information content (AvgIpc) is 2.27. The summed E-state index contributed by atoms with van der Waals surface area (Å²) in [4.78, 5) is 0. The van der Waals surface area contributed by atoms with Crippen molar-refractivity contribution in [3.63, 3.8) is 0 Å². The number of halogens is 4. The van der Waals surface area contributed by atoms with Gasteiger partial charge in [0, 0.05) is 21.2 Å². The van der Waals surface area contributed by atoms with E-state index in [0.29, 0.717) is 26.2 Å². The van der Waals surface area contributed by atoms with E-state index in [2.05, 4.69) is 0 Å². The third-order valence-electron chi connectivity index (χ3n) is 2.27. The first-order chi connectivity index (χ1) is 8.00. The predicted molar refractivity (Wildman–Crippen MR) is 73.6 cm³/mol. The minimum atomic E-state index is -0.0444. The maximum atomic E-state index is 9.57. The van der Waals surface area contributed by atoms with Gasteiger partial charge in [-0.3, -0.25) is 0 Å². The molecular weight excluding hydrogens is 302 g/mol. The Bertz CT molecular complexity index is 581. The summed E-state index contributed by atoms with van der Waals surface area (Å²) in [7, 11) is 0. The molecule has 5 heteroatoms. The molecule has 0 heterocycles. The zero-order valence-corrected chi connectivity index (χ0v) is 11.4. The van der Waals surface area contributed by atoms with Gasteiger partial charge in [-0.25, -0.2) is 0 Å². The van der Waals surface area contributed by atoms with Gasteiger partial charge in [-0.1, -0.05) is 52.5 Å². The number of hydrogen-bond donors (Lipinski definition) is 1. The van der Waals surface area contributed by atoms with Gasteiger partial charge in [0.15, 0.2) is 0 Å². The van der Waals surface area contributed by atoms with Gasteiger partial charge in [0.2, 0.25) is 0 Å². The summed E-state index contributed by atoms with van der Waals surface area (Å²) >= 11 is 24.0. The Morgan fingerprint density at radius 3 is 2.18 bits per heavy atom. The van der Waals surface area contributed by atoms with E-state index in [1.54, 1.807) is 24.3 Å². The average molecular weight is 308 g/mol. The highest BCUT2D eigenvalue weighted by molar-refractivity contribution is 6.42. The Morgan fingerprint density at radius 2 is 1.53 bits per heavy atom. The highest BCUT2D eigenvalue weighted by Gasteiger charge is 2.15. The van der Waals surface area contributed by atoms with Crippen LogP contribution in [-0.2, 0) is 0 Å². The standard InChI is InChI=1S/C12H6Cl4O/c13-6-1-2-7(9(15)5-6)11-8(14)3-4-10(17)12(11)16/h1-5,17H. The van der Waals surface area contributed by atoms with E-state index in [-0.39, 0.29) is 10.8 Å². The van der Waals surface area contributed by atoms with Gasteiger partial charge in [-0.2, -0.15) is 0 Å². The molecule has 88 valence electrons. The Morgan fingerprint density at radius 1 is 0.824 bits per heavy atom. The molecule has 2 aromatic carbocycles. The monoisotopic (exact) mass is 306 g/mol. The number of phenols is 1. The molecule has 0 aliphatic rings. The van der Waals surface area contributed by atoms with Crippen molar-refractivity contribution in [2.24, 2.45) is 0 Å². The summed E-state index contributed by atoms with van der Waals surface area (Å²) in [5.74, 6) is -0.0444. The lowest BCUT2D eigenvalue weighted by Gasteiger charge is -2.10. The van der Waals surface area contributed by atoms with Crippen LogP contribution >= 0.6 is 46.4 Å². The van der Waals surface area contributed by atoms with Crippen LogP contribution in [0.1, 0.15) is 0 Å². The second-order valence-corrected chi connectivity index (χ2v) is 5.01. The minimum Gasteiger partial charge on any atom is -0.506 e. The van der Waals surface area contributed by atoms with Crippen LogP contribution in [0.2, 0.25) is 20.1 Å². The highest BCUT2D eigenvalue weighted by atomic mass is 35.5. The van der Waals surface area contributed by atoms with Gasteiger partial charge < -0.3 is 5.11 Å². The quantitative estimate of drug-likeness (QED) is 0.719. The van der Waals surface area contributed by atoms with Crippen molar-refractivity contribution in [2.45, 2.75) is 0 Å². The third kappa shape index (κ3) is 2.48. The molecule has 0 fully saturated rings. The van der Waals surface area contributed by atoms with Crippen LogP contribution in [0.5, 0.6) is 5.75 Å².